The van der Waals surface area contributed by atoms with Gasteiger partial charge in [0.15, 0.2) is 5.13 Å². The number of carbonyl (C=O) groups excluding carboxylic acids is 1. The number of fused-ring (bicyclic) bond motifs is 1. The third-order valence-corrected chi connectivity index (χ3v) is 4.27. The first-order valence-electron chi connectivity index (χ1n) is 6.03. The van der Waals surface area contributed by atoms with Crippen molar-refractivity contribution in [3.8, 4) is 5.75 Å². The normalized spacial score (nSPS) is 10.6. The third-order valence-electron chi connectivity index (χ3n) is 2.84. The second-order valence-corrected chi connectivity index (χ2v) is 5.54. The van der Waals surface area contributed by atoms with Crippen LogP contribution >= 0.6 is 22.9 Å². The van der Waals surface area contributed by atoms with Crippen LogP contribution in [-0.4, -0.2) is 23.0 Å². The van der Waals surface area contributed by atoms with E-state index < -0.39 is 0 Å². The molecular weight excluding hydrogens is 310 g/mol. The zero-order chi connectivity index (χ0) is 14.8. The Bertz CT molecular complexity index is 805. The van der Waals surface area contributed by atoms with Crippen molar-refractivity contribution >= 4 is 44.2 Å². The van der Waals surface area contributed by atoms with Crippen molar-refractivity contribution < 1.29 is 9.53 Å². The number of anilines is 1. The number of thiazole rings is 1. The van der Waals surface area contributed by atoms with Gasteiger partial charge in [0.05, 0.1) is 16.8 Å². The number of hydrogen-bond acceptors (Lipinski definition) is 5. The Hall–Kier alpha value is -2.18. The number of nitrogens with one attached hydrogen (secondary N) is 1. The van der Waals surface area contributed by atoms with Gasteiger partial charge in [-0.15, -0.1) is 0 Å². The maximum absolute atomic E-state index is 12.1. The Labute approximate surface area is 129 Å². The second kappa shape index (κ2) is 5.67. The average molecular weight is 320 g/mol. The highest BCUT2D eigenvalue weighted by atomic mass is 35.5. The van der Waals surface area contributed by atoms with E-state index in [0.717, 1.165) is 4.70 Å². The third kappa shape index (κ3) is 2.68. The molecule has 0 saturated carbocycles. The highest BCUT2D eigenvalue weighted by Gasteiger charge is 2.14. The zero-order valence-electron chi connectivity index (χ0n) is 11.0. The van der Waals surface area contributed by atoms with Gasteiger partial charge < -0.3 is 4.74 Å². The first kappa shape index (κ1) is 13.8. The number of nitrogens with zero attached hydrogens (tertiary/aromatic N) is 2. The van der Waals surface area contributed by atoms with Crippen LogP contribution in [0.4, 0.5) is 5.13 Å². The lowest BCUT2D eigenvalue weighted by atomic mass is 10.2. The predicted octanol–water partition coefficient (Wildman–Crippen LogP) is 3.61. The van der Waals surface area contributed by atoms with Gasteiger partial charge in [-0.1, -0.05) is 22.9 Å². The molecule has 3 rings (SSSR count). The molecule has 0 aliphatic heterocycles. The Morgan fingerprint density at radius 2 is 2.05 bits per heavy atom. The van der Waals surface area contributed by atoms with Crippen molar-refractivity contribution in [3.05, 3.63) is 47.2 Å². The van der Waals surface area contributed by atoms with Crippen molar-refractivity contribution in [3.63, 3.8) is 0 Å². The summed E-state index contributed by atoms with van der Waals surface area (Å²) in [5.41, 5.74) is 1.15. The molecule has 0 fully saturated rings. The average Bonchev–Trinajstić information content (AvgIpc) is 2.93. The fourth-order valence-electron chi connectivity index (χ4n) is 1.84. The lowest BCUT2D eigenvalue weighted by Gasteiger charge is -2.00. The Morgan fingerprint density at radius 1 is 1.29 bits per heavy atom. The van der Waals surface area contributed by atoms with Crippen LogP contribution in [0.25, 0.3) is 10.2 Å². The van der Waals surface area contributed by atoms with Crippen LogP contribution in [0.15, 0.2) is 36.7 Å². The molecule has 2 aromatic heterocycles. The summed E-state index contributed by atoms with van der Waals surface area (Å²) in [6, 6.07) is 6.76. The highest BCUT2D eigenvalue weighted by molar-refractivity contribution is 7.23. The van der Waals surface area contributed by atoms with E-state index >= 15 is 0 Å². The number of halogens is 1. The lowest BCUT2D eigenvalue weighted by Crippen LogP contribution is -2.11. The topological polar surface area (TPSA) is 64.1 Å². The van der Waals surface area contributed by atoms with E-state index in [4.69, 9.17) is 16.3 Å². The van der Waals surface area contributed by atoms with Gasteiger partial charge in [-0.05, 0) is 24.3 Å². The summed E-state index contributed by atoms with van der Waals surface area (Å²) in [6.07, 6.45) is 3.13. The summed E-state index contributed by atoms with van der Waals surface area (Å²) in [6.45, 7) is 0. The smallest absolute Gasteiger partial charge is 0.257 e. The van der Waals surface area contributed by atoms with Crippen molar-refractivity contribution in [2.45, 2.75) is 0 Å². The van der Waals surface area contributed by atoms with Crippen molar-refractivity contribution in [1.29, 1.82) is 0 Å². The fraction of sp³-hybridized carbons (Fsp3) is 0.0714. The molecule has 0 bridgehead atoms. The van der Waals surface area contributed by atoms with E-state index in [-0.39, 0.29) is 5.91 Å². The number of rotatable bonds is 3. The number of methoxy groups -OCH3 is 1. The summed E-state index contributed by atoms with van der Waals surface area (Å²) >= 11 is 7.45. The number of benzene rings is 1. The molecule has 5 nitrogen and oxygen atoms in total. The number of carbonyl (C=O) groups is 1. The first-order chi connectivity index (χ1) is 10.2. The number of ether oxygens (including phenoxy) is 1. The van der Waals surface area contributed by atoms with Gasteiger partial charge in [0.25, 0.3) is 5.91 Å². The number of amides is 1. The van der Waals surface area contributed by atoms with Crippen molar-refractivity contribution in [2.24, 2.45) is 0 Å². The van der Waals surface area contributed by atoms with Crippen molar-refractivity contribution in [2.75, 3.05) is 12.4 Å². The predicted molar refractivity (Wildman–Crippen MR) is 83.4 cm³/mol. The second-order valence-electron chi connectivity index (χ2n) is 4.14. The maximum atomic E-state index is 12.1. The molecule has 7 heteroatoms. The largest absolute Gasteiger partial charge is 0.494 e. The molecule has 0 radical (unpaired) electrons. The van der Waals surface area contributed by atoms with Crippen molar-refractivity contribution in [1.82, 2.24) is 9.97 Å². The van der Waals surface area contributed by atoms with Gasteiger partial charge in [0, 0.05) is 18.0 Å². The molecular formula is C14H10ClN3O2S. The minimum absolute atomic E-state index is 0.244. The standard InChI is InChI=1S/C14H10ClN3O2S/c1-20-10-3-2-9(15)12-11(10)17-14(21-12)18-13(19)8-4-6-16-7-5-8/h2-7H,1H3,(H,17,18,19). The van der Waals surface area contributed by atoms with Crippen LogP contribution in [0.2, 0.25) is 5.02 Å². The number of pyridine rings is 1. The molecule has 1 aromatic carbocycles. The highest BCUT2D eigenvalue weighted by Crippen LogP contribution is 2.37. The summed E-state index contributed by atoms with van der Waals surface area (Å²) in [5, 5.41) is 3.80. The van der Waals surface area contributed by atoms with Gasteiger partial charge in [0.2, 0.25) is 0 Å². The summed E-state index contributed by atoms with van der Waals surface area (Å²) < 4.78 is 6.03. The summed E-state index contributed by atoms with van der Waals surface area (Å²) in [4.78, 5) is 20.3. The van der Waals surface area contributed by atoms with Crippen LogP contribution in [0.1, 0.15) is 10.4 Å². The van der Waals surface area contributed by atoms with Crippen LogP contribution in [-0.2, 0) is 0 Å². The van der Waals surface area contributed by atoms with Crippen LogP contribution in [0.5, 0.6) is 5.75 Å². The number of hydrogen-bond donors (Lipinski definition) is 1. The molecule has 0 spiro atoms. The van der Waals surface area contributed by atoms with E-state index in [2.05, 4.69) is 15.3 Å². The quantitative estimate of drug-likeness (QED) is 0.801. The van der Waals surface area contributed by atoms with Gasteiger partial charge >= 0.3 is 0 Å². The molecule has 106 valence electrons. The lowest BCUT2D eigenvalue weighted by molar-refractivity contribution is 0.102. The Morgan fingerprint density at radius 3 is 2.76 bits per heavy atom. The molecule has 0 aliphatic carbocycles. The molecule has 21 heavy (non-hydrogen) atoms. The van der Waals surface area contributed by atoms with Crippen LogP contribution < -0.4 is 10.1 Å². The van der Waals surface area contributed by atoms with Crippen LogP contribution in [0, 0.1) is 0 Å². The van der Waals surface area contributed by atoms with Crippen LogP contribution in [0.3, 0.4) is 0 Å². The van der Waals surface area contributed by atoms with Gasteiger partial charge in [-0.3, -0.25) is 15.1 Å². The Balaban J connectivity index is 1.95. The summed E-state index contributed by atoms with van der Waals surface area (Å²) in [5.74, 6) is 0.376. The first-order valence-corrected chi connectivity index (χ1v) is 7.23. The SMILES string of the molecule is COc1ccc(Cl)c2sc(NC(=O)c3ccncc3)nc12. The fourth-order valence-corrected chi connectivity index (χ4v) is 2.99. The zero-order valence-corrected chi connectivity index (χ0v) is 12.5. The van der Waals surface area contributed by atoms with Gasteiger partial charge in [-0.25, -0.2) is 4.98 Å². The monoisotopic (exact) mass is 319 g/mol. The number of aromatic nitrogens is 2. The van der Waals surface area contributed by atoms with Gasteiger partial charge in [-0.2, -0.15) is 0 Å². The molecule has 0 aliphatic rings. The molecule has 1 amide bonds. The summed E-state index contributed by atoms with van der Waals surface area (Å²) in [7, 11) is 1.57. The minimum Gasteiger partial charge on any atom is -0.494 e. The van der Waals surface area contributed by atoms with E-state index in [9.17, 15) is 4.79 Å². The molecule has 3 aromatic rings. The van der Waals surface area contributed by atoms with E-state index in [0.29, 0.717) is 27.0 Å². The minimum atomic E-state index is -0.244. The maximum Gasteiger partial charge on any atom is 0.257 e. The van der Waals surface area contributed by atoms with E-state index in [1.54, 1.807) is 43.8 Å². The van der Waals surface area contributed by atoms with Gasteiger partial charge in [0.1, 0.15) is 11.3 Å². The Kier molecular flexibility index (Phi) is 3.72. The molecule has 0 atom stereocenters. The van der Waals surface area contributed by atoms with E-state index in [1.807, 2.05) is 0 Å². The van der Waals surface area contributed by atoms with E-state index in [1.165, 1.54) is 11.3 Å². The molecule has 0 unspecified atom stereocenters. The molecule has 1 N–H and O–H groups in total. The molecule has 2 heterocycles. The molecule has 0 saturated heterocycles.